The molecular weight excluding hydrogens is 322 g/mol. The van der Waals surface area contributed by atoms with Crippen molar-refractivity contribution in [2.75, 3.05) is 18.0 Å². The topological polar surface area (TPSA) is 64.1 Å². The number of rotatable bonds is 2. The highest BCUT2D eigenvalue weighted by molar-refractivity contribution is 9.10. The van der Waals surface area contributed by atoms with E-state index in [0.717, 1.165) is 29.1 Å². The Morgan fingerprint density at radius 1 is 1.30 bits per heavy atom. The lowest BCUT2D eigenvalue weighted by Crippen LogP contribution is -2.48. The molecule has 0 bridgehead atoms. The first-order chi connectivity index (χ1) is 9.70. The van der Waals surface area contributed by atoms with E-state index >= 15 is 0 Å². The van der Waals surface area contributed by atoms with Crippen LogP contribution in [-0.2, 0) is 0 Å². The molecule has 8 heteroatoms. The fourth-order valence-electron chi connectivity index (χ4n) is 2.46. The van der Waals surface area contributed by atoms with Gasteiger partial charge in [0.05, 0.1) is 16.7 Å². The first-order valence-electron chi connectivity index (χ1n) is 6.33. The van der Waals surface area contributed by atoms with Gasteiger partial charge in [0.2, 0.25) is 0 Å². The van der Waals surface area contributed by atoms with Gasteiger partial charge in [-0.15, -0.1) is 0 Å². The summed E-state index contributed by atoms with van der Waals surface area (Å²) in [7, 11) is 0. The third-order valence-corrected chi connectivity index (χ3v) is 3.90. The van der Waals surface area contributed by atoms with Gasteiger partial charge in [0.25, 0.3) is 5.78 Å². The molecule has 1 aliphatic heterocycles. The molecule has 4 rings (SSSR count). The highest BCUT2D eigenvalue weighted by Gasteiger charge is 2.30. The van der Waals surface area contributed by atoms with E-state index < -0.39 is 0 Å². The zero-order valence-corrected chi connectivity index (χ0v) is 12.4. The van der Waals surface area contributed by atoms with Crippen LogP contribution >= 0.6 is 15.9 Å². The summed E-state index contributed by atoms with van der Waals surface area (Å²) in [6.07, 6.45) is 5.35. The van der Waals surface area contributed by atoms with Gasteiger partial charge in [-0.3, -0.25) is 4.68 Å². The Morgan fingerprint density at radius 2 is 2.15 bits per heavy atom. The van der Waals surface area contributed by atoms with E-state index in [1.54, 1.807) is 4.52 Å². The summed E-state index contributed by atoms with van der Waals surface area (Å²) in [6.45, 7) is 3.79. The third-order valence-electron chi connectivity index (χ3n) is 3.49. The molecule has 7 nitrogen and oxygen atoms in total. The minimum atomic E-state index is 0.397. The van der Waals surface area contributed by atoms with Crippen LogP contribution in [0.1, 0.15) is 11.7 Å². The molecule has 1 aliphatic rings. The minimum Gasteiger partial charge on any atom is -0.352 e. The van der Waals surface area contributed by atoms with Gasteiger partial charge >= 0.3 is 0 Å². The first kappa shape index (κ1) is 11.8. The van der Waals surface area contributed by atoms with Gasteiger partial charge in [0.15, 0.2) is 0 Å². The van der Waals surface area contributed by atoms with E-state index in [4.69, 9.17) is 0 Å². The Balaban J connectivity index is 1.61. The number of halogens is 1. The largest absolute Gasteiger partial charge is 0.352 e. The molecule has 0 N–H and O–H groups in total. The summed E-state index contributed by atoms with van der Waals surface area (Å²) in [4.78, 5) is 10.8. The summed E-state index contributed by atoms with van der Waals surface area (Å²) >= 11 is 3.42. The van der Waals surface area contributed by atoms with Crippen molar-refractivity contribution in [1.82, 2.24) is 29.4 Å². The van der Waals surface area contributed by atoms with Crippen molar-refractivity contribution in [3.63, 3.8) is 0 Å². The van der Waals surface area contributed by atoms with Crippen LogP contribution in [0.15, 0.2) is 29.3 Å². The third kappa shape index (κ3) is 1.79. The number of hydrogen-bond donors (Lipinski definition) is 0. The second-order valence-electron chi connectivity index (χ2n) is 4.92. The number of nitrogens with zero attached hydrogens (tertiary/aromatic N) is 7. The molecule has 20 heavy (non-hydrogen) atoms. The number of aromatic nitrogens is 6. The summed E-state index contributed by atoms with van der Waals surface area (Å²) < 4.78 is 4.78. The Hall–Kier alpha value is -1.96. The van der Waals surface area contributed by atoms with E-state index in [2.05, 4.69) is 41.0 Å². The highest BCUT2D eigenvalue weighted by Crippen LogP contribution is 2.28. The van der Waals surface area contributed by atoms with Crippen molar-refractivity contribution in [2.24, 2.45) is 0 Å². The maximum atomic E-state index is 4.36. The van der Waals surface area contributed by atoms with Crippen molar-refractivity contribution in [2.45, 2.75) is 13.0 Å². The van der Waals surface area contributed by atoms with Crippen LogP contribution in [-0.4, -0.2) is 42.5 Å². The molecule has 0 atom stereocenters. The summed E-state index contributed by atoms with van der Waals surface area (Å²) in [5, 5.41) is 8.57. The fourth-order valence-corrected chi connectivity index (χ4v) is 2.76. The SMILES string of the molecule is Cc1cc(N2CC(n3cc(Br)cn3)C2)n2ncnc2n1. The first-order valence-corrected chi connectivity index (χ1v) is 7.12. The number of anilines is 1. The number of hydrogen-bond acceptors (Lipinski definition) is 5. The lowest BCUT2D eigenvalue weighted by molar-refractivity contribution is 0.364. The molecule has 4 heterocycles. The molecular formula is C12H12BrN7. The highest BCUT2D eigenvalue weighted by atomic mass is 79.9. The molecule has 0 unspecified atom stereocenters. The van der Waals surface area contributed by atoms with Crippen molar-refractivity contribution in [3.05, 3.63) is 35.0 Å². The van der Waals surface area contributed by atoms with Gasteiger partial charge in [-0.2, -0.15) is 19.7 Å². The van der Waals surface area contributed by atoms with E-state index in [1.807, 2.05) is 30.1 Å². The Bertz CT molecular complexity index is 771. The molecule has 0 spiro atoms. The predicted octanol–water partition coefficient (Wildman–Crippen LogP) is 1.45. The van der Waals surface area contributed by atoms with E-state index in [1.165, 1.54) is 6.33 Å². The molecule has 0 amide bonds. The maximum Gasteiger partial charge on any atom is 0.254 e. The maximum absolute atomic E-state index is 4.36. The van der Waals surface area contributed by atoms with Crippen molar-refractivity contribution < 1.29 is 0 Å². The monoisotopic (exact) mass is 333 g/mol. The predicted molar refractivity (Wildman–Crippen MR) is 76.7 cm³/mol. The van der Waals surface area contributed by atoms with Gasteiger partial charge < -0.3 is 4.90 Å². The molecule has 102 valence electrons. The molecule has 0 aliphatic carbocycles. The van der Waals surface area contributed by atoms with Gasteiger partial charge in [0.1, 0.15) is 12.1 Å². The minimum absolute atomic E-state index is 0.397. The second kappa shape index (κ2) is 4.27. The Kier molecular flexibility index (Phi) is 2.53. The quantitative estimate of drug-likeness (QED) is 0.710. The lowest BCUT2D eigenvalue weighted by atomic mass is 10.1. The number of fused-ring (bicyclic) bond motifs is 1. The fraction of sp³-hybridized carbons (Fsp3) is 0.333. The van der Waals surface area contributed by atoms with Crippen molar-refractivity contribution in [3.8, 4) is 0 Å². The van der Waals surface area contributed by atoms with Crippen LogP contribution in [0.3, 0.4) is 0 Å². The van der Waals surface area contributed by atoms with Gasteiger partial charge in [0, 0.05) is 31.0 Å². The van der Waals surface area contributed by atoms with Crippen LogP contribution in [0, 0.1) is 6.92 Å². The lowest BCUT2D eigenvalue weighted by Gasteiger charge is -2.40. The molecule has 0 aromatic carbocycles. The summed E-state index contributed by atoms with van der Waals surface area (Å²) in [5.41, 5.74) is 0.950. The van der Waals surface area contributed by atoms with Crippen LogP contribution in [0.25, 0.3) is 5.78 Å². The van der Waals surface area contributed by atoms with Crippen LogP contribution in [0.5, 0.6) is 0 Å². The average molecular weight is 334 g/mol. The second-order valence-corrected chi connectivity index (χ2v) is 5.84. The van der Waals surface area contributed by atoms with Crippen LogP contribution in [0.4, 0.5) is 5.82 Å². The van der Waals surface area contributed by atoms with Gasteiger partial charge in [-0.25, -0.2) is 4.98 Å². The normalized spacial score (nSPS) is 15.8. The summed E-state index contributed by atoms with van der Waals surface area (Å²) in [5.74, 6) is 1.68. The number of aryl methyl sites for hydroxylation is 1. The molecule has 3 aromatic rings. The van der Waals surface area contributed by atoms with Gasteiger partial charge in [-0.05, 0) is 22.9 Å². The molecule has 3 aromatic heterocycles. The Morgan fingerprint density at radius 3 is 2.90 bits per heavy atom. The zero-order valence-electron chi connectivity index (χ0n) is 10.8. The van der Waals surface area contributed by atoms with Crippen LogP contribution in [0.2, 0.25) is 0 Å². The summed E-state index contributed by atoms with van der Waals surface area (Å²) in [6, 6.07) is 2.44. The molecule has 1 fully saturated rings. The smallest absolute Gasteiger partial charge is 0.254 e. The van der Waals surface area contributed by atoms with E-state index in [0.29, 0.717) is 11.8 Å². The zero-order chi connectivity index (χ0) is 13.7. The Labute approximate surface area is 123 Å². The van der Waals surface area contributed by atoms with Crippen molar-refractivity contribution in [1.29, 1.82) is 0 Å². The van der Waals surface area contributed by atoms with Gasteiger partial charge in [-0.1, -0.05) is 0 Å². The average Bonchev–Trinajstić information content (AvgIpc) is 2.96. The van der Waals surface area contributed by atoms with Crippen molar-refractivity contribution >= 4 is 27.5 Å². The standard InChI is InChI=1S/C12H12BrN7/c1-8-2-11(20-12(17-8)14-7-16-20)18-5-10(6-18)19-4-9(13)3-15-19/h2-4,7,10H,5-6H2,1H3. The molecule has 0 radical (unpaired) electrons. The van der Waals surface area contributed by atoms with E-state index in [9.17, 15) is 0 Å². The molecule has 0 saturated carbocycles. The van der Waals surface area contributed by atoms with Crippen LogP contribution < -0.4 is 4.90 Å². The molecule has 1 saturated heterocycles. The van der Waals surface area contributed by atoms with E-state index in [-0.39, 0.29) is 0 Å².